The van der Waals surface area contributed by atoms with E-state index in [0.29, 0.717) is 32.2 Å². The fourth-order valence-electron chi connectivity index (χ4n) is 3.10. The molecule has 9 nitrogen and oxygen atoms in total. The Bertz CT molecular complexity index is 786. The largest absolute Gasteiger partial charge is 0.508 e. The number of anilines is 2. The lowest BCUT2D eigenvalue weighted by atomic mass is 10.2. The number of nitrogens with zero attached hydrogens (tertiary/aromatic N) is 2. The number of methoxy groups -OCH3 is 4. The second kappa shape index (κ2) is 26.7. The van der Waals surface area contributed by atoms with Gasteiger partial charge in [0.25, 0.3) is 0 Å². The van der Waals surface area contributed by atoms with Gasteiger partial charge in [-0.2, -0.15) is 0 Å². The number of carbonyl (C=O) groups excluding carboxylic acids is 1. The molecule has 0 fully saturated rings. The van der Waals surface area contributed by atoms with E-state index in [-0.39, 0.29) is 11.7 Å². The van der Waals surface area contributed by atoms with Crippen molar-refractivity contribution >= 4 is 17.3 Å². The van der Waals surface area contributed by atoms with Crippen LogP contribution in [-0.4, -0.2) is 92.1 Å². The molecular weight excluding hydrogens is 500 g/mol. The van der Waals surface area contributed by atoms with Crippen LogP contribution in [0.5, 0.6) is 11.5 Å². The number of hydrogen-bond acceptors (Lipinski definition) is 9. The summed E-state index contributed by atoms with van der Waals surface area (Å²) in [5.74, 6) is 0.514. The standard InChI is InChI=1S/C14H21NO4.C12H19NO3.2C2H6/c1-12(16)19-14-6-4-13(5-7-14)15(8-10-17-2)9-11-18-3;1-15-9-7-13(8-10-16-2)11-3-5-12(14)6-4-11;2*1-2/h4-7H,8-11H2,1-3H3;3-6,14H,7-10H2,1-2H3;2*1-2H3. The number of hydrogen-bond donors (Lipinski definition) is 1. The molecule has 0 radical (unpaired) electrons. The van der Waals surface area contributed by atoms with Crippen LogP contribution in [-0.2, 0) is 23.7 Å². The quantitative estimate of drug-likeness (QED) is 0.235. The van der Waals surface area contributed by atoms with E-state index < -0.39 is 0 Å². The van der Waals surface area contributed by atoms with E-state index in [0.717, 1.165) is 37.6 Å². The Balaban J connectivity index is 0. The summed E-state index contributed by atoms with van der Waals surface area (Å²) in [5.41, 5.74) is 2.11. The number of aromatic hydroxyl groups is 1. The molecule has 0 aliphatic heterocycles. The summed E-state index contributed by atoms with van der Waals surface area (Å²) in [7, 11) is 6.73. The van der Waals surface area contributed by atoms with E-state index in [1.807, 2.05) is 52.0 Å². The molecule has 39 heavy (non-hydrogen) atoms. The van der Waals surface area contributed by atoms with Crippen LogP contribution in [0.1, 0.15) is 34.6 Å². The van der Waals surface area contributed by atoms with E-state index in [4.69, 9.17) is 23.7 Å². The number of ether oxygens (including phenoxy) is 5. The molecule has 0 saturated heterocycles. The SMILES string of the molecule is CC.CC.COCCN(CCOC)c1ccc(O)cc1.COCCN(CCOC)c1ccc(OC(C)=O)cc1. The average molecular weight is 553 g/mol. The second-order valence-corrected chi connectivity index (χ2v) is 7.55. The fourth-order valence-corrected chi connectivity index (χ4v) is 3.10. The molecule has 0 aromatic heterocycles. The third kappa shape index (κ3) is 18.9. The monoisotopic (exact) mass is 552 g/mol. The molecule has 9 heteroatoms. The zero-order chi connectivity index (χ0) is 29.9. The topological polar surface area (TPSA) is 89.9 Å². The molecule has 0 saturated carbocycles. The Morgan fingerprint density at radius 1 is 0.615 bits per heavy atom. The zero-order valence-electron chi connectivity index (χ0n) is 25.6. The number of phenolic OH excluding ortho intramolecular Hbond substituents is 1. The minimum absolute atomic E-state index is 0.280. The lowest BCUT2D eigenvalue weighted by molar-refractivity contribution is -0.131. The Morgan fingerprint density at radius 2 is 0.923 bits per heavy atom. The molecule has 1 N–H and O–H groups in total. The Hall–Kier alpha value is -2.85. The predicted molar refractivity (Wildman–Crippen MR) is 160 cm³/mol. The highest BCUT2D eigenvalue weighted by Gasteiger charge is 2.07. The van der Waals surface area contributed by atoms with Crippen LogP contribution in [0.15, 0.2) is 48.5 Å². The summed E-state index contributed by atoms with van der Waals surface area (Å²) in [5, 5.41) is 9.22. The molecule has 0 heterocycles. The van der Waals surface area contributed by atoms with Crippen LogP contribution < -0.4 is 14.5 Å². The first-order valence-corrected chi connectivity index (χ1v) is 13.5. The first-order chi connectivity index (χ1) is 18.9. The van der Waals surface area contributed by atoms with Crippen molar-refractivity contribution in [2.45, 2.75) is 34.6 Å². The highest BCUT2D eigenvalue weighted by atomic mass is 16.5. The van der Waals surface area contributed by atoms with Gasteiger partial charge >= 0.3 is 5.97 Å². The summed E-state index contributed by atoms with van der Waals surface area (Å²) < 4.78 is 25.3. The maximum atomic E-state index is 10.8. The predicted octanol–water partition coefficient (Wildman–Crippen LogP) is 5.25. The van der Waals surface area contributed by atoms with Gasteiger partial charge in [-0.15, -0.1) is 0 Å². The molecular formula is C30H52N2O7. The lowest BCUT2D eigenvalue weighted by Crippen LogP contribution is -2.30. The van der Waals surface area contributed by atoms with Gasteiger partial charge in [-0.1, -0.05) is 27.7 Å². The molecule has 0 aliphatic carbocycles. The zero-order valence-corrected chi connectivity index (χ0v) is 25.6. The van der Waals surface area contributed by atoms with Crippen LogP contribution in [0.25, 0.3) is 0 Å². The van der Waals surface area contributed by atoms with E-state index in [2.05, 4.69) is 9.80 Å². The number of carbonyl (C=O) groups is 1. The third-order valence-electron chi connectivity index (χ3n) is 4.94. The summed E-state index contributed by atoms with van der Waals surface area (Å²) in [6.45, 7) is 15.2. The first-order valence-electron chi connectivity index (χ1n) is 13.5. The molecule has 0 amide bonds. The smallest absolute Gasteiger partial charge is 0.308 e. The van der Waals surface area contributed by atoms with Gasteiger partial charge in [0.05, 0.1) is 26.4 Å². The lowest BCUT2D eigenvalue weighted by Gasteiger charge is -2.24. The molecule has 224 valence electrons. The third-order valence-corrected chi connectivity index (χ3v) is 4.94. The first kappa shape index (κ1) is 38.3. The number of phenols is 1. The maximum Gasteiger partial charge on any atom is 0.308 e. The molecule has 0 bridgehead atoms. The Labute approximate surface area is 236 Å². The normalized spacial score (nSPS) is 9.56. The van der Waals surface area contributed by atoms with Crippen molar-refractivity contribution < 1.29 is 33.6 Å². The summed E-state index contributed by atoms with van der Waals surface area (Å²) in [4.78, 5) is 15.2. The van der Waals surface area contributed by atoms with Crippen molar-refractivity contribution in [1.29, 1.82) is 0 Å². The van der Waals surface area contributed by atoms with Crippen LogP contribution >= 0.6 is 0 Å². The van der Waals surface area contributed by atoms with Gasteiger partial charge in [-0.25, -0.2) is 0 Å². The number of rotatable bonds is 15. The minimum atomic E-state index is -0.316. The number of esters is 1. The molecule has 0 spiro atoms. The Morgan fingerprint density at radius 3 is 1.21 bits per heavy atom. The van der Waals surface area contributed by atoms with Gasteiger partial charge in [0.15, 0.2) is 0 Å². The summed E-state index contributed by atoms with van der Waals surface area (Å²) in [6.07, 6.45) is 0. The fraction of sp³-hybridized carbons (Fsp3) is 0.567. The average Bonchev–Trinajstić information content (AvgIpc) is 2.96. The van der Waals surface area contributed by atoms with Crippen LogP contribution in [0.3, 0.4) is 0 Å². The van der Waals surface area contributed by atoms with Gasteiger partial charge in [0, 0.05) is 72.9 Å². The molecule has 2 rings (SSSR count). The number of benzene rings is 2. The van der Waals surface area contributed by atoms with E-state index in [1.54, 1.807) is 52.7 Å². The van der Waals surface area contributed by atoms with Crippen molar-refractivity contribution in [3.05, 3.63) is 48.5 Å². The van der Waals surface area contributed by atoms with Gasteiger partial charge < -0.3 is 38.6 Å². The molecule has 2 aromatic carbocycles. The van der Waals surface area contributed by atoms with Crippen molar-refractivity contribution in [3.63, 3.8) is 0 Å². The van der Waals surface area contributed by atoms with Crippen molar-refractivity contribution in [2.24, 2.45) is 0 Å². The molecule has 0 aliphatic rings. The Kier molecular flexibility index (Phi) is 26.3. The van der Waals surface area contributed by atoms with Crippen LogP contribution in [0, 0.1) is 0 Å². The van der Waals surface area contributed by atoms with E-state index in [9.17, 15) is 9.90 Å². The molecule has 2 aromatic rings. The maximum absolute atomic E-state index is 10.8. The summed E-state index contributed by atoms with van der Waals surface area (Å²) in [6, 6.07) is 14.5. The van der Waals surface area contributed by atoms with Crippen LogP contribution in [0.4, 0.5) is 11.4 Å². The highest BCUT2D eigenvalue weighted by molar-refractivity contribution is 5.69. The van der Waals surface area contributed by atoms with Gasteiger partial charge in [-0.05, 0) is 48.5 Å². The van der Waals surface area contributed by atoms with Crippen molar-refractivity contribution in [1.82, 2.24) is 0 Å². The summed E-state index contributed by atoms with van der Waals surface area (Å²) >= 11 is 0. The van der Waals surface area contributed by atoms with Crippen LogP contribution in [0.2, 0.25) is 0 Å². The second-order valence-electron chi connectivity index (χ2n) is 7.55. The highest BCUT2D eigenvalue weighted by Crippen LogP contribution is 2.20. The van der Waals surface area contributed by atoms with Gasteiger partial charge in [0.2, 0.25) is 0 Å². The van der Waals surface area contributed by atoms with Crippen molar-refractivity contribution in [3.8, 4) is 11.5 Å². The minimum Gasteiger partial charge on any atom is -0.508 e. The van der Waals surface area contributed by atoms with E-state index in [1.165, 1.54) is 6.92 Å². The van der Waals surface area contributed by atoms with E-state index >= 15 is 0 Å². The molecule has 0 unspecified atom stereocenters. The van der Waals surface area contributed by atoms with Crippen molar-refractivity contribution in [2.75, 3.05) is 90.8 Å². The molecule has 0 atom stereocenters. The van der Waals surface area contributed by atoms with Gasteiger partial charge in [0.1, 0.15) is 11.5 Å². The van der Waals surface area contributed by atoms with Gasteiger partial charge in [-0.3, -0.25) is 4.79 Å².